The summed E-state index contributed by atoms with van der Waals surface area (Å²) < 4.78 is 4.51. The molecule has 0 radical (unpaired) electrons. The van der Waals surface area contributed by atoms with Gasteiger partial charge in [0, 0.05) is 50.7 Å². The van der Waals surface area contributed by atoms with Crippen LogP contribution < -0.4 is 5.32 Å². The second-order valence-electron chi connectivity index (χ2n) is 4.78. The highest BCUT2D eigenvalue weighted by Gasteiger charge is 2.16. The summed E-state index contributed by atoms with van der Waals surface area (Å²) in [7, 11) is 0. The van der Waals surface area contributed by atoms with Gasteiger partial charge in [0.15, 0.2) is 0 Å². The van der Waals surface area contributed by atoms with Gasteiger partial charge in [-0.25, -0.2) is 9.97 Å². The number of aryl methyl sites for hydroxylation is 2. The summed E-state index contributed by atoms with van der Waals surface area (Å²) in [5.41, 5.74) is 2.67. The Hall–Kier alpha value is -1.62. The highest BCUT2D eigenvalue weighted by Crippen LogP contribution is 2.16. The monoisotopic (exact) mass is 245 g/mol. The fraction of sp³-hybridized carbons (Fsp3) is 0.538. The topological polar surface area (TPSA) is 47.7 Å². The molecule has 1 N–H and O–H groups in total. The van der Waals surface area contributed by atoms with Crippen LogP contribution in [0.1, 0.15) is 23.6 Å². The van der Waals surface area contributed by atoms with Crippen molar-refractivity contribution in [2.45, 2.75) is 39.4 Å². The van der Waals surface area contributed by atoms with Crippen LogP contribution in [0, 0.1) is 6.92 Å². The third-order valence-electron chi connectivity index (χ3n) is 3.53. The first-order valence-corrected chi connectivity index (χ1v) is 6.56. The number of aromatic nitrogens is 4. The normalized spacial score (nSPS) is 14.7. The molecule has 18 heavy (non-hydrogen) atoms. The highest BCUT2D eigenvalue weighted by molar-refractivity contribution is 5.19. The second kappa shape index (κ2) is 4.94. The number of nitrogens with one attached hydrogen (secondary N) is 1. The lowest BCUT2D eigenvalue weighted by Crippen LogP contribution is -2.25. The molecule has 0 aromatic carbocycles. The van der Waals surface area contributed by atoms with E-state index in [0.717, 1.165) is 44.8 Å². The van der Waals surface area contributed by atoms with Crippen molar-refractivity contribution < 1.29 is 0 Å². The molecule has 3 heterocycles. The van der Waals surface area contributed by atoms with Gasteiger partial charge in [-0.15, -0.1) is 0 Å². The van der Waals surface area contributed by atoms with Crippen molar-refractivity contribution in [3.8, 4) is 0 Å². The van der Waals surface area contributed by atoms with Gasteiger partial charge in [-0.3, -0.25) is 0 Å². The Morgan fingerprint density at radius 3 is 3.17 bits per heavy atom. The molecule has 0 bridgehead atoms. The Labute approximate surface area is 107 Å². The maximum absolute atomic E-state index is 4.65. The van der Waals surface area contributed by atoms with Crippen molar-refractivity contribution in [2.24, 2.45) is 0 Å². The third-order valence-corrected chi connectivity index (χ3v) is 3.53. The van der Waals surface area contributed by atoms with Gasteiger partial charge in [0.2, 0.25) is 0 Å². The van der Waals surface area contributed by atoms with E-state index in [0.29, 0.717) is 0 Å². The molecule has 0 fully saturated rings. The summed E-state index contributed by atoms with van der Waals surface area (Å²) in [5.74, 6) is 1.15. The lowest BCUT2D eigenvalue weighted by molar-refractivity contribution is 0.528. The first-order valence-electron chi connectivity index (χ1n) is 6.56. The Balaban J connectivity index is 1.67. The average Bonchev–Trinajstić information content (AvgIpc) is 2.98. The molecule has 96 valence electrons. The van der Waals surface area contributed by atoms with E-state index >= 15 is 0 Å². The van der Waals surface area contributed by atoms with E-state index in [4.69, 9.17) is 0 Å². The molecule has 0 aliphatic carbocycles. The molecule has 1 aliphatic rings. The smallest absolute Gasteiger partial charge is 0.106 e. The van der Waals surface area contributed by atoms with Gasteiger partial charge in [-0.05, 0) is 13.3 Å². The van der Waals surface area contributed by atoms with Crippen LogP contribution in [0.3, 0.4) is 0 Å². The minimum Gasteiger partial charge on any atom is -0.337 e. The van der Waals surface area contributed by atoms with Gasteiger partial charge in [0.05, 0.1) is 12.0 Å². The molecule has 3 rings (SSSR count). The van der Waals surface area contributed by atoms with Crippen LogP contribution in [-0.2, 0) is 26.1 Å². The van der Waals surface area contributed by atoms with Crippen molar-refractivity contribution in [3.05, 3.63) is 35.9 Å². The molecule has 0 saturated heterocycles. The number of fused-ring (bicyclic) bond motifs is 1. The zero-order chi connectivity index (χ0) is 12.4. The minimum atomic E-state index is 0.921. The largest absolute Gasteiger partial charge is 0.337 e. The first kappa shape index (κ1) is 11.5. The van der Waals surface area contributed by atoms with Crippen LogP contribution in [0.5, 0.6) is 0 Å². The Morgan fingerprint density at radius 1 is 1.39 bits per heavy atom. The number of rotatable bonds is 4. The van der Waals surface area contributed by atoms with Gasteiger partial charge < -0.3 is 14.5 Å². The highest BCUT2D eigenvalue weighted by atomic mass is 15.1. The van der Waals surface area contributed by atoms with Crippen LogP contribution in [0.2, 0.25) is 0 Å². The van der Waals surface area contributed by atoms with Gasteiger partial charge in [-0.1, -0.05) is 0 Å². The van der Waals surface area contributed by atoms with Crippen LogP contribution in [0.15, 0.2) is 18.7 Å². The first-order chi connectivity index (χ1) is 8.84. The summed E-state index contributed by atoms with van der Waals surface area (Å²) in [5, 5.41) is 3.37. The Kier molecular flexibility index (Phi) is 3.15. The van der Waals surface area contributed by atoms with E-state index in [1.54, 1.807) is 0 Å². The van der Waals surface area contributed by atoms with E-state index in [2.05, 4.69) is 31.3 Å². The molecule has 2 aromatic heterocycles. The van der Waals surface area contributed by atoms with Crippen LogP contribution in [-0.4, -0.2) is 25.6 Å². The number of imidazole rings is 2. The van der Waals surface area contributed by atoms with Crippen LogP contribution in [0.25, 0.3) is 0 Å². The molecule has 5 heteroatoms. The van der Waals surface area contributed by atoms with Gasteiger partial charge in [-0.2, -0.15) is 0 Å². The molecule has 0 unspecified atom stereocenters. The number of hydrogen-bond acceptors (Lipinski definition) is 3. The molecular formula is C13H19N5. The van der Waals surface area contributed by atoms with E-state index in [1.807, 2.05) is 18.7 Å². The summed E-state index contributed by atoms with van der Waals surface area (Å²) in [4.78, 5) is 8.71. The van der Waals surface area contributed by atoms with E-state index in [9.17, 15) is 0 Å². The van der Waals surface area contributed by atoms with Gasteiger partial charge in [0.1, 0.15) is 5.82 Å². The molecule has 2 aromatic rings. The van der Waals surface area contributed by atoms with E-state index in [1.165, 1.54) is 11.4 Å². The van der Waals surface area contributed by atoms with Gasteiger partial charge >= 0.3 is 0 Å². The number of hydrogen-bond donors (Lipinski definition) is 1. The molecule has 1 aliphatic heterocycles. The third kappa shape index (κ3) is 2.18. The zero-order valence-corrected chi connectivity index (χ0v) is 10.8. The fourth-order valence-corrected chi connectivity index (χ4v) is 2.63. The van der Waals surface area contributed by atoms with E-state index in [-0.39, 0.29) is 0 Å². The van der Waals surface area contributed by atoms with Crippen molar-refractivity contribution in [1.29, 1.82) is 0 Å². The molecule has 0 spiro atoms. The standard InChI is InChI=1S/C13H19N5/c1-11-16-12-9-14-4-3-13(12)18(11)7-2-6-17-8-5-15-10-17/h5,8,10,14H,2-4,6-7,9H2,1H3. The fourth-order valence-electron chi connectivity index (χ4n) is 2.63. The average molecular weight is 245 g/mol. The quantitative estimate of drug-likeness (QED) is 0.878. The molecular weight excluding hydrogens is 226 g/mol. The van der Waals surface area contributed by atoms with Crippen molar-refractivity contribution in [3.63, 3.8) is 0 Å². The maximum Gasteiger partial charge on any atom is 0.106 e. The zero-order valence-electron chi connectivity index (χ0n) is 10.8. The molecule has 5 nitrogen and oxygen atoms in total. The second-order valence-corrected chi connectivity index (χ2v) is 4.78. The summed E-state index contributed by atoms with van der Waals surface area (Å²) in [6.07, 6.45) is 7.94. The van der Waals surface area contributed by atoms with Crippen LogP contribution >= 0.6 is 0 Å². The summed E-state index contributed by atoms with van der Waals surface area (Å²) in [6.45, 7) is 6.16. The molecule has 0 saturated carbocycles. The Bertz CT molecular complexity index is 512. The predicted molar refractivity (Wildman–Crippen MR) is 69.2 cm³/mol. The summed E-state index contributed by atoms with van der Waals surface area (Å²) in [6, 6.07) is 0. The van der Waals surface area contributed by atoms with Crippen LogP contribution in [0.4, 0.5) is 0 Å². The lowest BCUT2D eigenvalue weighted by Gasteiger charge is -2.15. The van der Waals surface area contributed by atoms with Crippen molar-refractivity contribution in [1.82, 2.24) is 24.4 Å². The maximum atomic E-state index is 4.65. The molecule has 0 amide bonds. The lowest BCUT2D eigenvalue weighted by atomic mass is 10.2. The van der Waals surface area contributed by atoms with Gasteiger partial charge in [0.25, 0.3) is 0 Å². The number of nitrogens with zero attached hydrogens (tertiary/aromatic N) is 4. The summed E-state index contributed by atoms with van der Waals surface area (Å²) >= 11 is 0. The molecule has 0 atom stereocenters. The SMILES string of the molecule is Cc1nc2c(n1CCCn1ccnc1)CCNC2. The van der Waals surface area contributed by atoms with Crippen molar-refractivity contribution in [2.75, 3.05) is 6.54 Å². The van der Waals surface area contributed by atoms with E-state index < -0.39 is 0 Å². The minimum absolute atomic E-state index is 0.921. The predicted octanol–water partition coefficient (Wildman–Crippen LogP) is 1.12. The van der Waals surface area contributed by atoms with Crippen molar-refractivity contribution >= 4 is 0 Å². The Morgan fingerprint density at radius 2 is 2.33 bits per heavy atom.